The number of hydrogen-bond donors (Lipinski definition) is 0. The van der Waals surface area contributed by atoms with Crippen LogP contribution >= 0.6 is 0 Å². The Bertz CT molecular complexity index is 696. The Hall–Kier alpha value is -2.16. The van der Waals surface area contributed by atoms with E-state index in [-0.39, 0.29) is 16.9 Å². The van der Waals surface area contributed by atoms with E-state index in [9.17, 15) is 9.59 Å². The highest BCUT2D eigenvalue weighted by atomic mass is 16.1. The minimum atomic E-state index is -0.193. The third-order valence-electron chi connectivity index (χ3n) is 3.66. The van der Waals surface area contributed by atoms with Gasteiger partial charge < -0.3 is 4.57 Å². The van der Waals surface area contributed by atoms with Gasteiger partial charge >= 0.3 is 0 Å². The van der Waals surface area contributed by atoms with Gasteiger partial charge in [0.25, 0.3) is 5.56 Å². The van der Waals surface area contributed by atoms with Gasteiger partial charge in [0.05, 0.1) is 11.3 Å². The Kier molecular flexibility index (Phi) is 4.73. The van der Waals surface area contributed by atoms with Crippen molar-refractivity contribution in [1.29, 1.82) is 0 Å². The minimum absolute atomic E-state index is 0.183. The van der Waals surface area contributed by atoms with Gasteiger partial charge in [-0.1, -0.05) is 38.1 Å². The minimum Gasteiger partial charge on any atom is -0.308 e. The fraction of sp³-hybridized carbons (Fsp3) is 0.333. The molecule has 0 aliphatic heterocycles. The van der Waals surface area contributed by atoms with E-state index in [1.165, 1.54) is 12.5 Å². The Morgan fingerprint density at radius 3 is 2.24 bits per heavy atom. The molecule has 110 valence electrons. The van der Waals surface area contributed by atoms with Crippen molar-refractivity contribution in [2.45, 2.75) is 40.2 Å². The molecular formula is C18H21NO2. The van der Waals surface area contributed by atoms with Crippen LogP contribution in [0.4, 0.5) is 0 Å². The van der Waals surface area contributed by atoms with E-state index in [1.807, 2.05) is 25.1 Å². The van der Waals surface area contributed by atoms with Crippen LogP contribution < -0.4 is 5.56 Å². The van der Waals surface area contributed by atoms with E-state index >= 15 is 0 Å². The zero-order valence-corrected chi connectivity index (χ0v) is 12.8. The van der Waals surface area contributed by atoms with Gasteiger partial charge in [0.1, 0.15) is 0 Å². The summed E-state index contributed by atoms with van der Waals surface area (Å²) >= 11 is 0. The number of carbonyl (C=O) groups excluding carboxylic acids is 1. The Morgan fingerprint density at radius 2 is 1.71 bits per heavy atom. The molecule has 0 fully saturated rings. The lowest BCUT2D eigenvalue weighted by atomic mass is 10.1. The van der Waals surface area contributed by atoms with Crippen molar-refractivity contribution in [2.75, 3.05) is 0 Å². The first kappa shape index (κ1) is 15.2. The predicted octanol–water partition coefficient (Wildman–Crippen LogP) is 3.69. The number of aromatic nitrogens is 1. The molecule has 0 radical (unpaired) electrons. The van der Waals surface area contributed by atoms with E-state index in [4.69, 9.17) is 0 Å². The number of carbonyl (C=O) groups is 1. The largest absolute Gasteiger partial charge is 0.308 e. The molecule has 3 heteroatoms. The molecule has 0 bridgehead atoms. The predicted molar refractivity (Wildman–Crippen MR) is 85.8 cm³/mol. The van der Waals surface area contributed by atoms with E-state index < -0.39 is 0 Å². The fourth-order valence-corrected chi connectivity index (χ4v) is 2.46. The number of hydrogen-bond acceptors (Lipinski definition) is 2. The number of benzene rings is 1. The highest BCUT2D eigenvalue weighted by Crippen LogP contribution is 2.20. The van der Waals surface area contributed by atoms with E-state index in [0.717, 1.165) is 24.1 Å². The van der Waals surface area contributed by atoms with Gasteiger partial charge in [-0.2, -0.15) is 0 Å². The Labute approximate surface area is 125 Å². The Morgan fingerprint density at radius 1 is 1.05 bits per heavy atom. The molecule has 0 atom stereocenters. The molecule has 2 rings (SSSR count). The van der Waals surface area contributed by atoms with E-state index in [2.05, 4.69) is 19.1 Å². The third kappa shape index (κ3) is 3.13. The summed E-state index contributed by atoms with van der Waals surface area (Å²) in [5, 5.41) is 0. The van der Waals surface area contributed by atoms with Crippen LogP contribution in [0.5, 0.6) is 0 Å². The average Bonchev–Trinajstić information content (AvgIpc) is 2.49. The number of aryl methyl sites for hydroxylation is 1. The molecule has 0 saturated carbocycles. The lowest BCUT2D eigenvalue weighted by Crippen LogP contribution is -2.26. The molecule has 1 aromatic heterocycles. The smallest absolute Gasteiger partial charge is 0.261 e. The average molecular weight is 283 g/mol. The van der Waals surface area contributed by atoms with Gasteiger partial charge in [-0.3, -0.25) is 9.59 Å². The second-order valence-electron chi connectivity index (χ2n) is 5.20. The number of rotatable bonds is 5. The molecule has 21 heavy (non-hydrogen) atoms. The van der Waals surface area contributed by atoms with Crippen LogP contribution in [0.1, 0.15) is 43.1 Å². The molecule has 2 aromatic rings. The maximum atomic E-state index is 12.5. The molecule has 0 aliphatic rings. The normalized spacial score (nSPS) is 10.6. The molecule has 0 spiro atoms. The number of nitrogens with zero attached hydrogens (tertiary/aromatic N) is 1. The van der Waals surface area contributed by atoms with Crippen molar-refractivity contribution in [1.82, 2.24) is 4.57 Å². The maximum absolute atomic E-state index is 12.5. The van der Waals surface area contributed by atoms with Gasteiger partial charge in [0, 0.05) is 6.54 Å². The molecule has 1 heterocycles. The van der Waals surface area contributed by atoms with E-state index in [1.54, 1.807) is 10.6 Å². The highest BCUT2D eigenvalue weighted by molar-refractivity contribution is 5.94. The second kappa shape index (κ2) is 6.53. The van der Waals surface area contributed by atoms with Crippen LogP contribution in [-0.2, 0) is 13.0 Å². The van der Waals surface area contributed by atoms with Crippen LogP contribution in [0.25, 0.3) is 11.3 Å². The molecule has 0 aliphatic carbocycles. The van der Waals surface area contributed by atoms with E-state index in [0.29, 0.717) is 6.54 Å². The second-order valence-corrected chi connectivity index (χ2v) is 5.20. The molecular weight excluding hydrogens is 262 g/mol. The summed E-state index contributed by atoms with van der Waals surface area (Å²) in [4.78, 5) is 24.0. The SMILES string of the molecule is CCCn1c(-c2ccc(CC)cc2)ccc(C(C)=O)c1=O. The summed E-state index contributed by atoms with van der Waals surface area (Å²) < 4.78 is 1.71. The zero-order valence-electron chi connectivity index (χ0n) is 12.8. The summed E-state index contributed by atoms with van der Waals surface area (Å²) in [6.07, 6.45) is 1.84. The molecule has 0 N–H and O–H groups in total. The van der Waals surface area contributed by atoms with Gasteiger partial charge in [0.15, 0.2) is 5.78 Å². The van der Waals surface area contributed by atoms with Crippen LogP contribution in [-0.4, -0.2) is 10.4 Å². The van der Waals surface area contributed by atoms with Crippen LogP contribution in [0.2, 0.25) is 0 Å². The molecule has 3 nitrogen and oxygen atoms in total. The fourth-order valence-electron chi connectivity index (χ4n) is 2.46. The molecule has 1 aromatic carbocycles. The summed E-state index contributed by atoms with van der Waals surface area (Å²) in [7, 11) is 0. The zero-order chi connectivity index (χ0) is 15.4. The standard InChI is InChI=1S/C18H21NO2/c1-4-12-19-17(11-10-16(13(3)20)18(19)21)15-8-6-14(5-2)7-9-15/h6-11H,4-5,12H2,1-3H3. The van der Waals surface area contributed by atoms with Crippen LogP contribution in [0.15, 0.2) is 41.2 Å². The molecule has 0 saturated heterocycles. The monoisotopic (exact) mass is 283 g/mol. The van der Waals surface area contributed by atoms with Gasteiger partial charge in [0.2, 0.25) is 0 Å². The first-order chi connectivity index (χ1) is 10.1. The number of ketones is 1. The Balaban J connectivity index is 2.59. The van der Waals surface area contributed by atoms with Crippen molar-refractivity contribution in [2.24, 2.45) is 0 Å². The number of Topliss-reactive ketones (excluding diaryl/α,β-unsaturated/α-hetero) is 1. The summed E-state index contributed by atoms with van der Waals surface area (Å²) in [6.45, 7) is 6.19. The maximum Gasteiger partial charge on any atom is 0.261 e. The van der Waals surface area contributed by atoms with Crippen molar-refractivity contribution >= 4 is 5.78 Å². The van der Waals surface area contributed by atoms with Crippen molar-refractivity contribution in [3.63, 3.8) is 0 Å². The van der Waals surface area contributed by atoms with Crippen molar-refractivity contribution in [3.8, 4) is 11.3 Å². The number of pyridine rings is 1. The van der Waals surface area contributed by atoms with Crippen LogP contribution in [0, 0.1) is 0 Å². The molecule has 0 unspecified atom stereocenters. The lowest BCUT2D eigenvalue weighted by Gasteiger charge is -2.14. The molecule has 0 amide bonds. The lowest BCUT2D eigenvalue weighted by molar-refractivity contribution is 0.101. The first-order valence-corrected chi connectivity index (χ1v) is 7.42. The van der Waals surface area contributed by atoms with Gasteiger partial charge in [-0.25, -0.2) is 0 Å². The van der Waals surface area contributed by atoms with Gasteiger partial charge in [-0.15, -0.1) is 0 Å². The highest BCUT2D eigenvalue weighted by Gasteiger charge is 2.12. The summed E-state index contributed by atoms with van der Waals surface area (Å²) in [5.41, 5.74) is 3.21. The van der Waals surface area contributed by atoms with Crippen molar-refractivity contribution < 1.29 is 4.79 Å². The first-order valence-electron chi connectivity index (χ1n) is 7.42. The van der Waals surface area contributed by atoms with Crippen LogP contribution in [0.3, 0.4) is 0 Å². The summed E-state index contributed by atoms with van der Waals surface area (Å²) in [6, 6.07) is 11.7. The third-order valence-corrected chi connectivity index (χ3v) is 3.66. The summed E-state index contributed by atoms with van der Waals surface area (Å²) in [5.74, 6) is -0.183. The van der Waals surface area contributed by atoms with Gasteiger partial charge in [-0.05, 0) is 43.0 Å². The van der Waals surface area contributed by atoms with Crippen molar-refractivity contribution in [3.05, 3.63) is 57.9 Å². The quantitative estimate of drug-likeness (QED) is 0.785. The topological polar surface area (TPSA) is 39.1 Å².